The van der Waals surface area contributed by atoms with Crippen LogP contribution in [0.5, 0.6) is 0 Å². The van der Waals surface area contributed by atoms with Crippen molar-refractivity contribution in [2.24, 2.45) is 0 Å². The molecule has 3 aromatic carbocycles. The summed E-state index contributed by atoms with van der Waals surface area (Å²) in [6.07, 6.45) is 2.27. The van der Waals surface area contributed by atoms with Crippen LogP contribution >= 0.6 is 0 Å². The van der Waals surface area contributed by atoms with Crippen LogP contribution in [0, 0.1) is 0 Å². The van der Waals surface area contributed by atoms with Crippen molar-refractivity contribution in [3.05, 3.63) is 108 Å². The zero-order valence-electron chi connectivity index (χ0n) is 18.3. The van der Waals surface area contributed by atoms with Gasteiger partial charge in [-0.3, -0.25) is 15.6 Å². The lowest BCUT2D eigenvalue weighted by molar-refractivity contribution is -0.121. The summed E-state index contributed by atoms with van der Waals surface area (Å²) in [5, 5.41) is 3.27. The monoisotopic (exact) mass is 438 g/mol. The van der Waals surface area contributed by atoms with E-state index in [0.29, 0.717) is 17.3 Å². The first-order valence-electron chi connectivity index (χ1n) is 10.8. The molecule has 0 saturated carbocycles. The van der Waals surface area contributed by atoms with Gasteiger partial charge in [-0.05, 0) is 29.2 Å². The molecule has 4 aromatic rings. The number of hydrogen-bond donors (Lipinski definition) is 4. The Morgan fingerprint density at radius 2 is 1.42 bits per heavy atom. The third-order valence-corrected chi connectivity index (χ3v) is 5.37. The molecule has 7 heteroatoms. The maximum atomic E-state index is 13.2. The van der Waals surface area contributed by atoms with Gasteiger partial charge in [0.05, 0.1) is 5.92 Å². The number of hydrogen-bond acceptors (Lipinski definition) is 6. The number of rotatable bonds is 8. The van der Waals surface area contributed by atoms with Crippen LogP contribution in [0.3, 0.4) is 0 Å². The molecule has 0 atom stereocenters. The summed E-state index contributed by atoms with van der Waals surface area (Å²) in [4.78, 5) is 21.7. The maximum Gasteiger partial charge on any atom is 0.250 e. The molecule has 5 N–H and O–H groups in total. The normalized spacial score (nSPS) is 10.6. The Kier molecular flexibility index (Phi) is 6.80. The second-order valence-corrected chi connectivity index (χ2v) is 7.49. The van der Waals surface area contributed by atoms with E-state index in [9.17, 15) is 4.79 Å². The highest BCUT2D eigenvalue weighted by Gasteiger charge is 2.23. The van der Waals surface area contributed by atoms with Crippen molar-refractivity contribution in [1.82, 2.24) is 15.4 Å². The van der Waals surface area contributed by atoms with E-state index in [1.165, 1.54) is 6.33 Å². The molecule has 0 saturated heterocycles. The van der Waals surface area contributed by atoms with Crippen molar-refractivity contribution in [2.75, 3.05) is 16.5 Å². The number of hydrazine groups is 1. The van der Waals surface area contributed by atoms with Crippen molar-refractivity contribution in [3.8, 4) is 0 Å². The lowest BCUT2D eigenvalue weighted by Gasteiger charge is -2.19. The van der Waals surface area contributed by atoms with Gasteiger partial charge in [0.1, 0.15) is 12.0 Å². The maximum absolute atomic E-state index is 13.2. The molecule has 0 aliphatic carbocycles. The average Bonchev–Trinajstić information content (AvgIpc) is 2.86. The number of anilines is 4. The Morgan fingerprint density at radius 1 is 0.848 bits per heavy atom. The fraction of sp³-hybridized carbons (Fsp3) is 0.115. The number of nitrogen functional groups attached to an aromatic ring is 1. The average molecular weight is 439 g/mol. The Labute approximate surface area is 193 Å². The molecule has 0 spiro atoms. The third-order valence-electron chi connectivity index (χ3n) is 5.37. The van der Waals surface area contributed by atoms with Gasteiger partial charge in [-0.2, -0.15) is 0 Å². The SMILES string of the molecule is CCc1ccccc1Nc1ncnc(NNC(=O)C(c2ccccc2)c2ccccc2)c1N. The molecule has 1 aromatic heterocycles. The summed E-state index contributed by atoms with van der Waals surface area (Å²) in [6, 6.07) is 27.2. The van der Waals surface area contributed by atoms with E-state index in [1.807, 2.05) is 84.9 Å². The Morgan fingerprint density at radius 3 is 2.06 bits per heavy atom. The third kappa shape index (κ3) is 5.10. The van der Waals surface area contributed by atoms with Crippen LogP contribution in [-0.2, 0) is 11.2 Å². The van der Waals surface area contributed by atoms with Crippen LogP contribution in [0.2, 0.25) is 0 Å². The highest BCUT2D eigenvalue weighted by Crippen LogP contribution is 2.28. The van der Waals surface area contributed by atoms with Gasteiger partial charge in [-0.1, -0.05) is 85.8 Å². The summed E-state index contributed by atoms with van der Waals surface area (Å²) in [5.41, 5.74) is 16.1. The van der Waals surface area contributed by atoms with Crippen molar-refractivity contribution in [2.45, 2.75) is 19.3 Å². The van der Waals surface area contributed by atoms with E-state index in [0.717, 1.165) is 28.8 Å². The molecule has 1 heterocycles. The number of benzene rings is 3. The Bertz CT molecular complexity index is 1170. The Hall–Kier alpha value is -4.39. The molecular weight excluding hydrogens is 412 g/mol. The van der Waals surface area contributed by atoms with E-state index in [1.54, 1.807) is 0 Å². The molecule has 4 rings (SSSR count). The van der Waals surface area contributed by atoms with E-state index >= 15 is 0 Å². The fourth-order valence-corrected chi connectivity index (χ4v) is 3.65. The quantitative estimate of drug-likeness (QED) is 0.299. The highest BCUT2D eigenvalue weighted by atomic mass is 16.2. The molecule has 0 aliphatic heterocycles. The van der Waals surface area contributed by atoms with Crippen LogP contribution in [-0.4, -0.2) is 15.9 Å². The van der Waals surface area contributed by atoms with Crippen LogP contribution in [0.15, 0.2) is 91.3 Å². The first-order valence-corrected chi connectivity index (χ1v) is 10.8. The van der Waals surface area contributed by atoms with Gasteiger partial charge in [0.25, 0.3) is 0 Å². The van der Waals surface area contributed by atoms with Crippen LogP contribution in [0.4, 0.5) is 23.0 Å². The van der Waals surface area contributed by atoms with Gasteiger partial charge in [0, 0.05) is 5.69 Å². The number of nitrogens with two attached hydrogens (primary N) is 1. The first-order chi connectivity index (χ1) is 16.2. The minimum absolute atomic E-state index is 0.226. The number of nitrogens with zero attached hydrogens (tertiary/aromatic N) is 2. The number of carbonyl (C=O) groups is 1. The van der Waals surface area contributed by atoms with Crippen molar-refractivity contribution in [1.29, 1.82) is 0 Å². The van der Waals surface area contributed by atoms with Gasteiger partial charge in [0.15, 0.2) is 11.6 Å². The summed E-state index contributed by atoms with van der Waals surface area (Å²) in [7, 11) is 0. The van der Waals surface area contributed by atoms with Gasteiger partial charge in [-0.15, -0.1) is 0 Å². The number of aryl methyl sites for hydroxylation is 1. The Balaban J connectivity index is 1.53. The van der Waals surface area contributed by atoms with Gasteiger partial charge >= 0.3 is 0 Å². The van der Waals surface area contributed by atoms with Gasteiger partial charge < -0.3 is 11.1 Å². The van der Waals surface area contributed by atoms with Gasteiger partial charge in [-0.25, -0.2) is 9.97 Å². The second-order valence-electron chi connectivity index (χ2n) is 7.49. The molecule has 0 aliphatic rings. The predicted octanol–water partition coefficient (Wildman–Crippen LogP) is 4.64. The molecule has 0 fully saturated rings. The molecule has 0 radical (unpaired) electrons. The van der Waals surface area contributed by atoms with E-state index in [4.69, 9.17) is 5.73 Å². The zero-order chi connectivity index (χ0) is 23.0. The molecule has 33 heavy (non-hydrogen) atoms. The molecule has 7 nitrogen and oxygen atoms in total. The topological polar surface area (TPSA) is 105 Å². The summed E-state index contributed by atoms with van der Waals surface area (Å²) < 4.78 is 0. The van der Waals surface area contributed by atoms with Crippen LogP contribution < -0.4 is 21.9 Å². The van der Waals surface area contributed by atoms with Crippen LogP contribution in [0.1, 0.15) is 29.5 Å². The van der Waals surface area contributed by atoms with Gasteiger partial charge in [0.2, 0.25) is 5.91 Å². The van der Waals surface area contributed by atoms with E-state index in [-0.39, 0.29) is 5.91 Å². The first kappa shape index (κ1) is 21.8. The zero-order valence-corrected chi connectivity index (χ0v) is 18.3. The molecule has 0 bridgehead atoms. The standard InChI is InChI=1S/C26H26N6O/c1-2-18-11-9-10-16-21(18)30-24-23(27)25(29-17-28-24)31-32-26(33)22(19-12-5-3-6-13-19)20-14-7-4-8-15-20/h3-17,22H,2,27H2,1H3,(H,32,33)(H2,28,29,30,31). The molecular formula is C26H26N6O. The minimum Gasteiger partial charge on any atom is -0.393 e. The summed E-state index contributed by atoms with van der Waals surface area (Å²) in [6.45, 7) is 2.09. The number of amides is 1. The molecule has 1 amide bonds. The number of carbonyl (C=O) groups excluding carboxylic acids is 1. The lowest BCUT2D eigenvalue weighted by Crippen LogP contribution is -2.35. The van der Waals surface area contributed by atoms with Crippen molar-refractivity contribution in [3.63, 3.8) is 0 Å². The second kappa shape index (κ2) is 10.3. The minimum atomic E-state index is -0.489. The molecule has 166 valence electrons. The number of nitrogens with one attached hydrogen (secondary N) is 3. The molecule has 0 unspecified atom stereocenters. The fourth-order valence-electron chi connectivity index (χ4n) is 3.65. The largest absolute Gasteiger partial charge is 0.393 e. The van der Waals surface area contributed by atoms with Crippen molar-refractivity contribution >= 4 is 28.9 Å². The lowest BCUT2D eigenvalue weighted by atomic mass is 9.91. The van der Waals surface area contributed by atoms with E-state index < -0.39 is 5.92 Å². The van der Waals surface area contributed by atoms with Crippen LogP contribution in [0.25, 0.3) is 0 Å². The summed E-state index contributed by atoms with van der Waals surface area (Å²) >= 11 is 0. The number of para-hydroxylation sites is 1. The highest BCUT2D eigenvalue weighted by molar-refractivity contribution is 5.89. The summed E-state index contributed by atoms with van der Waals surface area (Å²) in [5.74, 6) is 0.0632. The smallest absolute Gasteiger partial charge is 0.250 e. The predicted molar refractivity (Wildman–Crippen MR) is 132 cm³/mol. The van der Waals surface area contributed by atoms with Crippen molar-refractivity contribution < 1.29 is 4.79 Å². The van der Waals surface area contributed by atoms with E-state index in [2.05, 4.69) is 33.1 Å². The number of aromatic nitrogens is 2.